The number of aliphatic hydroxyl groups excluding tert-OH is 1. The van der Waals surface area contributed by atoms with Crippen LogP contribution in [0.2, 0.25) is 0 Å². The maximum absolute atomic E-state index is 10.9. The molecule has 0 heterocycles. The van der Waals surface area contributed by atoms with E-state index >= 15 is 0 Å². The van der Waals surface area contributed by atoms with Crippen molar-refractivity contribution in [2.45, 2.75) is 13.0 Å². The highest BCUT2D eigenvalue weighted by atomic mass is 32.1. The molecular weight excluding hydrogens is 338 g/mol. The van der Waals surface area contributed by atoms with E-state index in [1.807, 2.05) is 0 Å². The predicted octanol–water partition coefficient (Wildman–Crippen LogP) is 1.21. The molecule has 0 aliphatic heterocycles. The fourth-order valence-electron chi connectivity index (χ4n) is 1.10. The highest BCUT2D eigenvalue weighted by Crippen LogP contribution is 2.06. The Morgan fingerprint density at radius 3 is 2.21 bits per heavy atom. The van der Waals surface area contributed by atoms with Crippen LogP contribution in [0.5, 0.6) is 0 Å². The van der Waals surface area contributed by atoms with Crippen LogP contribution in [0.1, 0.15) is 6.92 Å². The number of rotatable bonds is 8. The number of nitrogens with one attached hydrogen (secondary N) is 1. The van der Waals surface area contributed by atoms with Gasteiger partial charge in [-0.15, -0.1) is 0 Å². The number of aliphatic hydroxyl groups is 1. The van der Waals surface area contributed by atoms with Gasteiger partial charge in [0.25, 0.3) is 0 Å². The summed E-state index contributed by atoms with van der Waals surface area (Å²) in [6, 6.07) is -0.970. The van der Waals surface area contributed by atoms with Gasteiger partial charge in [-0.3, -0.25) is 4.79 Å². The van der Waals surface area contributed by atoms with Gasteiger partial charge in [0.05, 0.1) is 0 Å². The van der Waals surface area contributed by atoms with Crippen molar-refractivity contribution < 1.29 is 29.7 Å². The van der Waals surface area contributed by atoms with Gasteiger partial charge in [-0.05, 0) is 19.1 Å². The molecule has 4 N–H and O–H groups in total. The third-order valence-corrected chi connectivity index (χ3v) is 2.60. The SMILES string of the molecule is C=C/C=C(C(=O)O)\C(O)=C/C.CN=NCC(=O)NC(CS)C(=O)O. The van der Waals surface area contributed by atoms with Crippen molar-refractivity contribution in [3.05, 3.63) is 36.1 Å². The van der Waals surface area contributed by atoms with Gasteiger partial charge in [0.1, 0.15) is 23.9 Å². The quantitative estimate of drug-likeness (QED) is 0.145. The third-order valence-electron chi connectivity index (χ3n) is 2.24. The second-order valence-electron chi connectivity index (χ2n) is 3.94. The van der Waals surface area contributed by atoms with Crippen molar-refractivity contribution in [1.82, 2.24) is 5.32 Å². The zero-order chi connectivity index (χ0) is 19.1. The molecule has 0 saturated heterocycles. The number of carbonyl (C=O) groups excluding carboxylic acids is 1. The van der Waals surface area contributed by atoms with Gasteiger partial charge < -0.3 is 20.6 Å². The number of carbonyl (C=O) groups is 3. The summed E-state index contributed by atoms with van der Waals surface area (Å²) in [5.74, 6) is -2.97. The first kappa shape index (κ1) is 23.6. The maximum atomic E-state index is 10.9. The lowest BCUT2D eigenvalue weighted by atomic mass is 10.2. The van der Waals surface area contributed by atoms with Gasteiger partial charge in [0.2, 0.25) is 5.91 Å². The Labute approximate surface area is 144 Å². The zero-order valence-electron chi connectivity index (χ0n) is 13.3. The Morgan fingerprint density at radius 2 is 1.88 bits per heavy atom. The van der Waals surface area contributed by atoms with Gasteiger partial charge in [0.15, 0.2) is 0 Å². The number of hydrogen-bond donors (Lipinski definition) is 5. The minimum absolute atomic E-state index is 0.0460. The summed E-state index contributed by atoms with van der Waals surface area (Å²) in [6.07, 6.45) is 3.85. The maximum Gasteiger partial charge on any atom is 0.339 e. The monoisotopic (exact) mass is 359 g/mol. The number of hydrogen-bond acceptors (Lipinski definition) is 7. The van der Waals surface area contributed by atoms with E-state index in [9.17, 15) is 14.4 Å². The highest BCUT2D eigenvalue weighted by molar-refractivity contribution is 7.80. The average Bonchev–Trinajstić information content (AvgIpc) is 2.54. The molecule has 1 atom stereocenters. The van der Waals surface area contributed by atoms with Crippen LogP contribution in [0.25, 0.3) is 0 Å². The molecule has 0 bridgehead atoms. The number of allylic oxidation sites excluding steroid dienone is 3. The molecule has 24 heavy (non-hydrogen) atoms. The van der Waals surface area contributed by atoms with Gasteiger partial charge >= 0.3 is 11.9 Å². The van der Waals surface area contributed by atoms with Gasteiger partial charge in [-0.1, -0.05) is 12.7 Å². The van der Waals surface area contributed by atoms with E-state index in [1.54, 1.807) is 6.92 Å². The zero-order valence-corrected chi connectivity index (χ0v) is 14.2. The van der Waals surface area contributed by atoms with E-state index in [0.29, 0.717) is 0 Å². The molecule has 0 spiro atoms. The molecule has 0 radical (unpaired) electrons. The summed E-state index contributed by atoms with van der Waals surface area (Å²) < 4.78 is 0. The number of carboxylic acids is 2. The molecule has 0 aromatic rings. The smallest absolute Gasteiger partial charge is 0.339 e. The molecule has 0 rings (SSSR count). The molecular formula is C14H21N3O6S. The van der Waals surface area contributed by atoms with E-state index in [0.717, 1.165) is 0 Å². The van der Waals surface area contributed by atoms with E-state index < -0.39 is 23.9 Å². The molecule has 9 nitrogen and oxygen atoms in total. The minimum Gasteiger partial charge on any atom is -0.507 e. The van der Waals surface area contributed by atoms with Crippen LogP contribution < -0.4 is 5.32 Å². The lowest BCUT2D eigenvalue weighted by molar-refractivity contribution is -0.140. The third kappa shape index (κ3) is 11.0. The summed E-state index contributed by atoms with van der Waals surface area (Å²) in [4.78, 5) is 31.7. The van der Waals surface area contributed by atoms with Crippen LogP contribution >= 0.6 is 12.6 Å². The van der Waals surface area contributed by atoms with Crippen molar-refractivity contribution in [3.63, 3.8) is 0 Å². The second-order valence-corrected chi connectivity index (χ2v) is 4.30. The summed E-state index contributed by atoms with van der Waals surface area (Å²) in [6.45, 7) is 4.71. The lowest BCUT2D eigenvalue weighted by Crippen LogP contribution is -2.43. The largest absolute Gasteiger partial charge is 0.507 e. The number of amides is 1. The highest BCUT2D eigenvalue weighted by Gasteiger charge is 2.17. The first-order valence-corrected chi connectivity index (χ1v) is 7.18. The van der Waals surface area contributed by atoms with Crippen molar-refractivity contribution >= 4 is 30.5 Å². The van der Waals surface area contributed by atoms with Crippen LogP contribution in [0.15, 0.2) is 46.4 Å². The van der Waals surface area contributed by atoms with E-state index in [2.05, 4.69) is 34.8 Å². The van der Waals surface area contributed by atoms with Gasteiger partial charge in [-0.2, -0.15) is 22.9 Å². The normalized spacial score (nSPS) is 12.8. The summed E-state index contributed by atoms with van der Waals surface area (Å²) in [7, 11) is 1.43. The first-order valence-electron chi connectivity index (χ1n) is 6.55. The number of aliphatic carboxylic acids is 2. The summed E-state index contributed by atoms with van der Waals surface area (Å²) >= 11 is 3.77. The Hall–Kier alpha value is -2.62. The van der Waals surface area contributed by atoms with Crippen molar-refractivity contribution in [3.8, 4) is 0 Å². The number of carboxylic acid groups (broad SMARTS) is 2. The Bertz CT molecular complexity index is 543. The Morgan fingerprint density at radius 1 is 1.29 bits per heavy atom. The summed E-state index contributed by atoms with van der Waals surface area (Å²) in [5.41, 5.74) is -0.150. The predicted molar refractivity (Wildman–Crippen MR) is 91.4 cm³/mol. The Kier molecular flexibility index (Phi) is 13.8. The molecule has 134 valence electrons. The molecule has 0 saturated carbocycles. The summed E-state index contributed by atoms with van der Waals surface area (Å²) in [5, 5.41) is 35.0. The number of thiol groups is 1. The minimum atomic E-state index is -1.17. The fourth-order valence-corrected chi connectivity index (χ4v) is 1.35. The molecule has 0 aliphatic carbocycles. The lowest BCUT2D eigenvalue weighted by Gasteiger charge is -2.09. The van der Waals surface area contributed by atoms with Gasteiger partial charge in [0, 0.05) is 12.8 Å². The van der Waals surface area contributed by atoms with Crippen LogP contribution in [-0.2, 0) is 14.4 Å². The van der Waals surface area contributed by atoms with Crippen molar-refractivity contribution in [2.24, 2.45) is 10.2 Å². The molecule has 1 amide bonds. The standard InChI is InChI=1S/C8H10O3.C6H11N3O3S/c1-3-5-6(8(10)11)7(9)4-2;1-7-8-2-5(10)9-4(3-13)6(11)12/h3-5,9H,1H2,2H3,(H,10,11);4,13H,2-3H2,1H3,(H,9,10)(H,11,12)/b6-5+,7-4+;. The second kappa shape index (κ2) is 14.0. The van der Waals surface area contributed by atoms with E-state index in [-0.39, 0.29) is 23.6 Å². The van der Waals surface area contributed by atoms with Crippen LogP contribution in [0.4, 0.5) is 0 Å². The van der Waals surface area contributed by atoms with Crippen LogP contribution in [-0.4, -0.2) is 58.6 Å². The molecule has 0 aromatic carbocycles. The number of nitrogens with zero attached hydrogens (tertiary/aromatic N) is 2. The topological polar surface area (TPSA) is 149 Å². The molecule has 1 unspecified atom stereocenters. The molecule has 0 aromatic heterocycles. The molecule has 0 fully saturated rings. The van der Waals surface area contributed by atoms with Crippen LogP contribution in [0, 0.1) is 0 Å². The average molecular weight is 359 g/mol. The van der Waals surface area contributed by atoms with E-state index in [1.165, 1.54) is 25.3 Å². The molecule has 0 aliphatic rings. The van der Waals surface area contributed by atoms with Gasteiger partial charge in [-0.25, -0.2) is 9.59 Å². The first-order chi connectivity index (χ1) is 11.2. The van der Waals surface area contributed by atoms with Crippen LogP contribution in [0.3, 0.4) is 0 Å². The fraction of sp³-hybridized carbons (Fsp3) is 0.357. The van der Waals surface area contributed by atoms with Crippen molar-refractivity contribution in [1.29, 1.82) is 0 Å². The number of azo groups is 1. The Balaban J connectivity index is 0. The molecule has 10 heteroatoms. The van der Waals surface area contributed by atoms with Crippen molar-refractivity contribution in [2.75, 3.05) is 19.3 Å². The van der Waals surface area contributed by atoms with E-state index in [4.69, 9.17) is 15.3 Å².